The molecule has 1 aromatic rings. The fourth-order valence-electron chi connectivity index (χ4n) is 1.83. The van der Waals surface area contributed by atoms with Crippen LogP contribution in [0, 0.1) is 0 Å². The predicted molar refractivity (Wildman–Crippen MR) is 89.3 cm³/mol. The summed E-state index contributed by atoms with van der Waals surface area (Å²) in [7, 11) is 0. The number of carbonyl (C=O) groups excluding carboxylic acids is 3. The lowest BCUT2D eigenvalue weighted by Crippen LogP contribution is -2.47. The molecule has 8 heteroatoms. The van der Waals surface area contributed by atoms with Crippen LogP contribution in [-0.2, 0) is 4.79 Å². The van der Waals surface area contributed by atoms with Crippen LogP contribution in [0.5, 0.6) is 5.75 Å². The molecule has 1 rings (SSSR count). The topological polar surface area (TPSA) is 123 Å². The van der Waals surface area contributed by atoms with E-state index in [1.54, 1.807) is 24.3 Å². The first-order valence-corrected chi connectivity index (χ1v) is 7.88. The number of hydrogen-bond donors (Lipinski definition) is 4. The van der Waals surface area contributed by atoms with Gasteiger partial charge in [-0.2, -0.15) is 0 Å². The lowest BCUT2D eigenvalue weighted by atomic mass is 10.2. The molecule has 0 aliphatic rings. The summed E-state index contributed by atoms with van der Waals surface area (Å²) in [5.41, 5.74) is 9.60. The Morgan fingerprint density at radius 2 is 1.75 bits per heavy atom. The number of hydrazine groups is 1. The Hall–Kier alpha value is -2.77. The average molecular weight is 336 g/mol. The van der Waals surface area contributed by atoms with Gasteiger partial charge in [0.2, 0.25) is 0 Å². The molecule has 4 amide bonds. The maximum atomic E-state index is 11.9. The number of nitrogens with two attached hydrogens (primary N) is 1. The van der Waals surface area contributed by atoms with Crippen molar-refractivity contribution in [1.29, 1.82) is 0 Å². The van der Waals surface area contributed by atoms with Crippen LogP contribution in [-0.4, -0.2) is 31.0 Å². The van der Waals surface area contributed by atoms with Crippen molar-refractivity contribution in [1.82, 2.24) is 16.2 Å². The monoisotopic (exact) mass is 336 g/mol. The summed E-state index contributed by atoms with van der Waals surface area (Å²) in [5, 5.41) is 2.11. The summed E-state index contributed by atoms with van der Waals surface area (Å²) in [6.07, 6.45) is 4.52. The molecule has 0 aromatic heterocycles. The number of hydrogen-bond acceptors (Lipinski definition) is 4. The van der Waals surface area contributed by atoms with E-state index < -0.39 is 17.8 Å². The van der Waals surface area contributed by atoms with Gasteiger partial charge in [0.05, 0.1) is 6.61 Å². The van der Waals surface area contributed by atoms with Gasteiger partial charge in [0.15, 0.2) is 0 Å². The van der Waals surface area contributed by atoms with E-state index in [4.69, 9.17) is 10.5 Å². The third-order valence-corrected chi connectivity index (χ3v) is 3.12. The summed E-state index contributed by atoms with van der Waals surface area (Å²) >= 11 is 0. The standard InChI is InChI=1S/C16H24N4O4/c1-2-3-4-5-10-24-13-8-6-12(7-9-13)15(22)20-19-14(21)11-18-16(17)23/h6-9H,2-5,10-11H2,1H3,(H,19,21)(H,20,22)(H3,17,18,23). The lowest BCUT2D eigenvalue weighted by molar-refractivity contribution is -0.120. The molecular weight excluding hydrogens is 312 g/mol. The quantitative estimate of drug-likeness (QED) is 0.398. The van der Waals surface area contributed by atoms with E-state index in [0.29, 0.717) is 17.9 Å². The van der Waals surface area contributed by atoms with Gasteiger partial charge in [0, 0.05) is 5.56 Å². The minimum absolute atomic E-state index is 0.319. The number of ether oxygens (including phenoxy) is 1. The average Bonchev–Trinajstić information content (AvgIpc) is 2.58. The van der Waals surface area contributed by atoms with Gasteiger partial charge in [-0.3, -0.25) is 20.4 Å². The number of amides is 4. The number of urea groups is 1. The second-order valence-corrected chi connectivity index (χ2v) is 5.15. The number of benzene rings is 1. The minimum atomic E-state index is -0.818. The molecule has 0 atom stereocenters. The van der Waals surface area contributed by atoms with Crippen molar-refractivity contribution in [2.45, 2.75) is 32.6 Å². The van der Waals surface area contributed by atoms with Crippen molar-refractivity contribution in [3.8, 4) is 5.75 Å². The van der Waals surface area contributed by atoms with Crippen molar-refractivity contribution >= 4 is 17.8 Å². The fraction of sp³-hybridized carbons (Fsp3) is 0.438. The highest BCUT2D eigenvalue weighted by atomic mass is 16.5. The SMILES string of the molecule is CCCCCCOc1ccc(C(=O)NNC(=O)CNC(N)=O)cc1. The summed E-state index contributed by atoms with van der Waals surface area (Å²) in [4.78, 5) is 33.6. The van der Waals surface area contributed by atoms with Gasteiger partial charge in [-0.15, -0.1) is 0 Å². The first-order valence-electron chi connectivity index (χ1n) is 7.88. The van der Waals surface area contributed by atoms with E-state index in [2.05, 4.69) is 23.1 Å². The van der Waals surface area contributed by atoms with Gasteiger partial charge >= 0.3 is 6.03 Å². The van der Waals surface area contributed by atoms with E-state index in [9.17, 15) is 14.4 Å². The molecular formula is C16H24N4O4. The molecule has 0 bridgehead atoms. The molecule has 8 nitrogen and oxygen atoms in total. The summed E-state index contributed by atoms with van der Waals surface area (Å²) in [5.74, 6) is -0.371. The van der Waals surface area contributed by atoms with E-state index in [-0.39, 0.29) is 6.54 Å². The van der Waals surface area contributed by atoms with Gasteiger partial charge in [-0.05, 0) is 30.7 Å². The number of nitrogens with one attached hydrogen (secondary N) is 3. The van der Waals surface area contributed by atoms with Crippen LogP contribution in [0.25, 0.3) is 0 Å². The van der Waals surface area contributed by atoms with Gasteiger partial charge in [0.1, 0.15) is 12.3 Å². The Bertz CT molecular complexity index is 546. The van der Waals surface area contributed by atoms with E-state index in [1.807, 2.05) is 0 Å². The Balaban J connectivity index is 2.32. The van der Waals surface area contributed by atoms with Crippen molar-refractivity contribution in [3.05, 3.63) is 29.8 Å². The predicted octanol–water partition coefficient (Wildman–Crippen LogP) is 1.08. The first kappa shape index (κ1) is 19.3. The van der Waals surface area contributed by atoms with Crippen molar-refractivity contribution in [2.24, 2.45) is 5.73 Å². The Morgan fingerprint density at radius 1 is 1.04 bits per heavy atom. The molecule has 0 aliphatic heterocycles. The minimum Gasteiger partial charge on any atom is -0.494 e. The summed E-state index contributed by atoms with van der Waals surface area (Å²) in [6.45, 7) is 2.48. The largest absolute Gasteiger partial charge is 0.494 e. The number of carbonyl (C=O) groups is 3. The molecule has 0 unspecified atom stereocenters. The smallest absolute Gasteiger partial charge is 0.312 e. The zero-order chi connectivity index (χ0) is 17.8. The number of unbranched alkanes of at least 4 members (excludes halogenated alkanes) is 3. The Labute approximate surface area is 141 Å². The summed E-state index contributed by atoms with van der Waals surface area (Å²) < 4.78 is 5.59. The van der Waals surface area contributed by atoms with Crippen LogP contribution < -0.4 is 26.6 Å². The Kier molecular flexibility index (Phi) is 8.73. The van der Waals surface area contributed by atoms with E-state index in [1.165, 1.54) is 12.8 Å². The van der Waals surface area contributed by atoms with Gasteiger partial charge in [0.25, 0.3) is 11.8 Å². The van der Waals surface area contributed by atoms with Crippen LogP contribution in [0.15, 0.2) is 24.3 Å². The van der Waals surface area contributed by atoms with Gasteiger partial charge in [-0.25, -0.2) is 4.79 Å². The molecule has 1 aromatic carbocycles. The van der Waals surface area contributed by atoms with E-state index in [0.717, 1.165) is 12.8 Å². The molecule has 24 heavy (non-hydrogen) atoms. The molecule has 0 radical (unpaired) electrons. The van der Waals surface area contributed by atoms with Gasteiger partial charge < -0.3 is 15.8 Å². The van der Waals surface area contributed by atoms with Crippen molar-refractivity contribution in [2.75, 3.05) is 13.2 Å². The second-order valence-electron chi connectivity index (χ2n) is 5.15. The van der Waals surface area contributed by atoms with E-state index >= 15 is 0 Å². The second kappa shape index (κ2) is 10.9. The third-order valence-electron chi connectivity index (χ3n) is 3.12. The van der Waals surface area contributed by atoms with Crippen LogP contribution in [0.1, 0.15) is 43.0 Å². The molecule has 0 heterocycles. The third kappa shape index (κ3) is 8.02. The van der Waals surface area contributed by atoms with Crippen molar-refractivity contribution in [3.63, 3.8) is 0 Å². The highest BCUT2D eigenvalue weighted by Crippen LogP contribution is 2.13. The van der Waals surface area contributed by atoms with Crippen LogP contribution in [0.3, 0.4) is 0 Å². The van der Waals surface area contributed by atoms with Crippen LogP contribution in [0.4, 0.5) is 4.79 Å². The zero-order valence-corrected chi connectivity index (χ0v) is 13.8. The maximum Gasteiger partial charge on any atom is 0.312 e. The Morgan fingerprint density at radius 3 is 2.38 bits per heavy atom. The molecule has 0 fully saturated rings. The maximum absolute atomic E-state index is 11.9. The van der Waals surface area contributed by atoms with Crippen molar-refractivity contribution < 1.29 is 19.1 Å². The highest BCUT2D eigenvalue weighted by Gasteiger charge is 2.08. The van der Waals surface area contributed by atoms with Gasteiger partial charge in [-0.1, -0.05) is 26.2 Å². The molecule has 0 saturated heterocycles. The fourth-order valence-corrected chi connectivity index (χ4v) is 1.83. The zero-order valence-electron chi connectivity index (χ0n) is 13.8. The number of primary amides is 1. The normalized spacial score (nSPS) is 9.88. The molecule has 0 saturated carbocycles. The molecule has 0 spiro atoms. The summed E-state index contributed by atoms with van der Waals surface area (Å²) in [6, 6.07) is 5.78. The van der Waals surface area contributed by atoms with Crippen LogP contribution in [0.2, 0.25) is 0 Å². The molecule has 0 aliphatic carbocycles. The molecule has 5 N–H and O–H groups in total. The first-order chi connectivity index (χ1) is 11.5. The molecule has 132 valence electrons. The lowest BCUT2D eigenvalue weighted by Gasteiger charge is -2.09. The highest BCUT2D eigenvalue weighted by molar-refractivity contribution is 5.95. The van der Waals surface area contributed by atoms with Crippen LogP contribution >= 0.6 is 0 Å². The number of rotatable bonds is 9.